The smallest absolute Gasteiger partial charge is 0.321 e. The van der Waals surface area contributed by atoms with Crippen LogP contribution < -0.4 is 10.6 Å². The Morgan fingerprint density at radius 3 is 2.52 bits per heavy atom. The number of carbonyl (C=O) groups excluding carboxylic acids is 5. The molecule has 12 nitrogen and oxygen atoms in total. The SMILES string of the molecule is CC(C)NC(=O)NC(=O)COC(=O)CCN1C(=O)c2cccc([N+](=O)[O-])c2C1=O. The van der Waals surface area contributed by atoms with Crippen LogP contribution in [0.4, 0.5) is 10.5 Å². The number of hydrogen-bond donors (Lipinski definition) is 2. The summed E-state index contributed by atoms with van der Waals surface area (Å²) in [6.07, 6.45) is -0.426. The zero-order valence-electron chi connectivity index (χ0n) is 15.6. The number of fused-ring (bicyclic) bond motifs is 1. The van der Waals surface area contributed by atoms with Crippen molar-refractivity contribution in [2.75, 3.05) is 13.2 Å². The molecule has 1 aliphatic heterocycles. The normalized spacial score (nSPS) is 12.6. The van der Waals surface area contributed by atoms with Crippen molar-refractivity contribution in [1.82, 2.24) is 15.5 Å². The maximum absolute atomic E-state index is 12.4. The Kier molecular flexibility index (Phi) is 6.59. The number of benzene rings is 1. The molecule has 1 aromatic rings. The van der Waals surface area contributed by atoms with Gasteiger partial charge >= 0.3 is 12.0 Å². The number of amides is 5. The molecule has 2 N–H and O–H groups in total. The van der Waals surface area contributed by atoms with Gasteiger partial charge in [0.2, 0.25) is 0 Å². The van der Waals surface area contributed by atoms with Crippen LogP contribution in [0.5, 0.6) is 0 Å². The monoisotopic (exact) mass is 406 g/mol. The zero-order chi connectivity index (χ0) is 21.7. The van der Waals surface area contributed by atoms with Gasteiger partial charge in [0, 0.05) is 18.7 Å². The van der Waals surface area contributed by atoms with Gasteiger partial charge in [-0.15, -0.1) is 0 Å². The molecule has 0 saturated heterocycles. The summed E-state index contributed by atoms with van der Waals surface area (Å²) in [6, 6.07) is 2.74. The minimum atomic E-state index is -0.893. The quantitative estimate of drug-likeness (QED) is 0.283. The summed E-state index contributed by atoms with van der Waals surface area (Å²) in [6.45, 7) is 2.28. The van der Waals surface area contributed by atoms with Crippen molar-refractivity contribution in [3.8, 4) is 0 Å². The third-order valence-corrected chi connectivity index (χ3v) is 3.75. The molecule has 154 valence electrons. The van der Waals surface area contributed by atoms with Crippen LogP contribution in [0.1, 0.15) is 41.0 Å². The van der Waals surface area contributed by atoms with Crippen molar-refractivity contribution >= 4 is 35.4 Å². The van der Waals surface area contributed by atoms with Gasteiger partial charge in [0.1, 0.15) is 5.56 Å². The highest BCUT2D eigenvalue weighted by Gasteiger charge is 2.40. The molecule has 0 atom stereocenters. The van der Waals surface area contributed by atoms with Crippen LogP contribution in [-0.4, -0.2) is 58.7 Å². The maximum atomic E-state index is 12.4. The van der Waals surface area contributed by atoms with Gasteiger partial charge < -0.3 is 10.1 Å². The first-order valence-corrected chi connectivity index (χ1v) is 8.51. The minimum Gasteiger partial charge on any atom is -0.456 e. The van der Waals surface area contributed by atoms with Crippen LogP contribution in [0.3, 0.4) is 0 Å². The third kappa shape index (κ3) is 5.12. The van der Waals surface area contributed by atoms with Crippen molar-refractivity contribution < 1.29 is 33.6 Å². The average Bonchev–Trinajstić information content (AvgIpc) is 2.88. The lowest BCUT2D eigenvalue weighted by Crippen LogP contribution is -2.44. The van der Waals surface area contributed by atoms with Crippen LogP contribution in [0.15, 0.2) is 18.2 Å². The second-order valence-electron chi connectivity index (χ2n) is 6.31. The van der Waals surface area contributed by atoms with Crippen LogP contribution in [0.25, 0.3) is 0 Å². The minimum absolute atomic E-state index is 0.117. The lowest BCUT2D eigenvalue weighted by molar-refractivity contribution is -0.385. The van der Waals surface area contributed by atoms with E-state index in [2.05, 4.69) is 5.32 Å². The molecule has 0 aliphatic carbocycles. The van der Waals surface area contributed by atoms with E-state index in [1.54, 1.807) is 13.8 Å². The van der Waals surface area contributed by atoms with Crippen molar-refractivity contribution in [2.24, 2.45) is 0 Å². The fourth-order valence-corrected chi connectivity index (χ4v) is 2.55. The number of nitrogens with one attached hydrogen (secondary N) is 2. The molecule has 29 heavy (non-hydrogen) atoms. The van der Waals surface area contributed by atoms with Gasteiger partial charge in [0.05, 0.1) is 16.9 Å². The van der Waals surface area contributed by atoms with E-state index in [4.69, 9.17) is 4.74 Å². The van der Waals surface area contributed by atoms with Gasteiger partial charge in [-0.1, -0.05) is 6.07 Å². The second-order valence-corrected chi connectivity index (χ2v) is 6.31. The molecule has 0 fully saturated rings. The summed E-state index contributed by atoms with van der Waals surface area (Å²) in [5.41, 5.74) is -0.943. The zero-order valence-corrected chi connectivity index (χ0v) is 15.6. The maximum Gasteiger partial charge on any atom is 0.321 e. The third-order valence-electron chi connectivity index (χ3n) is 3.75. The van der Waals surface area contributed by atoms with Crippen molar-refractivity contribution in [3.63, 3.8) is 0 Å². The Hall–Kier alpha value is -3.83. The number of urea groups is 1. The number of ether oxygens (including phenoxy) is 1. The largest absolute Gasteiger partial charge is 0.456 e. The number of esters is 1. The van der Waals surface area contributed by atoms with Gasteiger partial charge in [0.25, 0.3) is 23.4 Å². The molecular formula is C17H18N4O8. The van der Waals surface area contributed by atoms with E-state index in [-0.39, 0.29) is 23.7 Å². The van der Waals surface area contributed by atoms with E-state index in [1.807, 2.05) is 5.32 Å². The molecule has 1 heterocycles. The summed E-state index contributed by atoms with van der Waals surface area (Å²) in [7, 11) is 0. The molecular weight excluding hydrogens is 388 g/mol. The number of carbonyl (C=O) groups is 5. The lowest BCUT2D eigenvalue weighted by atomic mass is 10.1. The van der Waals surface area contributed by atoms with E-state index in [1.165, 1.54) is 12.1 Å². The van der Waals surface area contributed by atoms with Gasteiger partial charge in [-0.05, 0) is 19.9 Å². The Morgan fingerprint density at radius 2 is 1.90 bits per heavy atom. The van der Waals surface area contributed by atoms with Crippen molar-refractivity contribution in [3.05, 3.63) is 39.4 Å². The summed E-state index contributed by atoms with van der Waals surface area (Å²) in [5, 5.41) is 15.4. The van der Waals surface area contributed by atoms with Gasteiger partial charge in [-0.3, -0.25) is 39.5 Å². The highest BCUT2D eigenvalue weighted by Crippen LogP contribution is 2.30. The molecule has 1 aromatic carbocycles. The number of hydrogen-bond acceptors (Lipinski definition) is 8. The highest BCUT2D eigenvalue weighted by atomic mass is 16.6. The molecule has 5 amide bonds. The van der Waals surface area contributed by atoms with E-state index in [9.17, 15) is 34.1 Å². The first-order chi connectivity index (χ1) is 13.6. The van der Waals surface area contributed by atoms with E-state index >= 15 is 0 Å². The number of nitro groups is 1. The molecule has 12 heteroatoms. The topological polar surface area (TPSA) is 165 Å². The van der Waals surface area contributed by atoms with E-state index in [0.29, 0.717) is 4.90 Å². The number of nitrogens with zero attached hydrogens (tertiary/aromatic N) is 2. The van der Waals surface area contributed by atoms with Gasteiger partial charge in [0.15, 0.2) is 6.61 Å². The highest BCUT2D eigenvalue weighted by molar-refractivity contribution is 6.23. The molecule has 0 spiro atoms. The summed E-state index contributed by atoms with van der Waals surface area (Å²) < 4.78 is 4.69. The second kappa shape index (κ2) is 8.91. The number of imide groups is 2. The standard InChI is InChI=1S/C17H18N4O8/c1-9(2)18-17(26)19-12(22)8-29-13(23)6-7-20-15(24)10-4-3-5-11(21(27)28)14(10)16(20)25/h3-5,9H,6-8H2,1-2H3,(H2,18,19,22,26). The Balaban J connectivity index is 1.88. The number of nitro benzene ring substituents is 1. The Labute approximate surface area is 164 Å². The van der Waals surface area contributed by atoms with Crippen LogP contribution in [0.2, 0.25) is 0 Å². The van der Waals surface area contributed by atoms with Crippen LogP contribution in [-0.2, 0) is 14.3 Å². The molecule has 0 aromatic heterocycles. The van der Waals surface area contributed by atoms with Gasteiger partial charge in [-0.25, -0.2) is 4.79 Å². The summed E-state index contributed by atoms with van der Waals surface area (Å²) in [5.74, 6) is -3.39. The van der Waals surface area contributed by atoms with Crippen LogP contribution in [0, 0.1) is 10.1 Å². The first-order valence-electron chi connectivity index (χ1n) is 8.51. The molecule has 1 aliphatic rings. The molecule has 0 saturated carbocycles. The predicted molar refractivity (Wildman–Crippen MR) is 95.8 cm³/mol. The van der Waals surface area contributed by atoms with E-state index in [0.717, 1.165) is 6.07 Å². The molecule has 0 radical (unpaired) electrons. The Morgan fingerprint density at radius 1 is 1.21 bits per heavy atom. The average molecular weight is 406 g/mol. The summed E-state index contributed by atoms with van der Waals surface area (Å²) >= 11 is 0. The lowest BCUT2D eigenvalue weighted by Gasteiger charge is -2.13. The summed E-state index contributed by atoms with van der Waals surface area (Å²) in [4.78, 5) is 70.3. The van der Waals surface area contributed by atoms with Crippen molar-refractivity contribution in [1.29, 1.82) is 0 Å². The van der Waals surface area contributed by atoms with E-state index < -0.39 is 53.4 Å². The van der Waals surface area contributed by atoms with Crippen LogP contribution >= 0.6 is 0 Å². The van der Waals surface area contributed by atoms with Gasteiger partial charge in [-0.2, -0.15) is 0 Å². The fraction of sp³-hybridized carbons (Fsp3) is 0.353. The molecule has 0 bridgehead atoms. The molecule has 0 unspecified atom stereocenters. The van der Waals surface area contributed by atoms with Crippen molar-refractivity contribution in [2.45, 2.75) is 26.3 Å². The Bertz CT molecular complexity index is 895. The first kappa shape index (κ1) is 21.5. The fourth-order valence-electron chi connectivity index (χ4n) is 2.55. The number of rotatable bonds is 7. The molecule has 2 rings (SSSR count). The predicted octanol–water partition coefficient (Wildman–Crippen LogP) is 0.358.